The van der Waals surface area contributed by atoms with E-state index in [9.17, 15) is 8.78 Å². The minimum atomic E-state index is -0.612. The monoisotopic (exact) mass is 265 g/mol. The van der Waals surface area contributed by atoms with E-state index in [1.165, 1.54) is 10.7 Å². The van der Waals surface area contributed by atoms with E-state index < -0.39 is 11.6 Å². The molecule has 0 bridgehead atoms. The van der Waals surface area contributed by atoms with Crippen LogP contribution in [0.2, 0.25) is 0 Å². The molecule has 0 unspecified atom stereocenters. The Morgan fingerprint density at radius 2 is 1.95 bits per heavy atom. The molecule has 0 aliphatic carbocycles. The van der Waals surface area contributed by atoms with Gasteiger partial charge in [0.05, 0.1) is 0 Å². The highest BCUT2D eigenvalue weighted by Gasteiger charge is 2.19. The summed E-state index contributed by atoms with van der Waals surface area (Å²) >= 11 is 0. The molecule has 1 aromatic carbocycles. The molecule has 0 atom stereocenters. The van der Waals surface area contributed by atoms with Crippen LogP contribution in [0.4, 0.5) is 14.6 Å². The summed E-state index contributed by atoms with van der Waals surface area (Å²) in [5, 5.41) is 4.26. The fourth-order valence-corrected chi connectivity index (χ4v) is 2.13. The molecule has 0 saturated heterocycles. The molecule has 1 heterocycles. The molecule has 0 amide bonds. The Labute approximate surface area is 111 Å². The van der Waals surface area contributed by atoms with E-state index in [1.54, 1.807) is 14.0 Å². The lowest BCUT2D eigenvalue weighted by molar-refractivity contribution is 0.579. The van der Waals surface area contributed by atoms with Gasteiger partial charge in [0.25, 0.3) is 0 Å². The standard InChI is InChI=1S/C14H17F2N3/c1-4-5-9-13(18-19(3)14(9)17)10-6-8(2)11(15)7-12(10)16/h6-7H,4-5,17H2,1-3H3. The van der Waals surface area contributed by atoms with Crippen molar-refractivity contribution in [2.24, 2.45) is 7.05 Å². The molecular formula is C14H17F2N3. The van der Waals surface area contributed by atoms with Crippen LogP contribution in [0, 0.1) is 18.6 Å². The van der Waals surface area contributed by atoms with Crippen molar-refractivity contribution >= 4 is 5.82 Å². The number of rotatable bonds is 3. The highest BCUT2D eigenvalue weighted by Crippen LogP contribution is 2.31. The Bertz CT molecular complexity index is 618. The van der Waals surface area contributed by atoms with Gasteiger partial charge in [-0.3, -0.25) is 4.68 Å². The lowest BCUT2D eigenvalue weighted by Gasteiger charge is -2.06. The maximum atomic E-state index is 13.9. The molecule has 0 spiro atoms. The van der Waals surface area contributed by atoms with Crippen LogP contribution < -0.4 is 5.73 Å². The van der Waals surface area contributed by atoms with Gasteiger partial charge in [-0.05, 0) is 25.0 Å². The van der Waals surface area contributed by atoms with Gasteiger partial charge in [-0.25, -0.2) is 8.78 Å². The number of aromatic nitrogens is 2. The second kappa shape index (κ2) is 4.99. The van der Waals surface area contributed by atoms with Crippen LogP contribution in [0.15, 0.2) is 12.1 Å². The summed E-state index contributed by atoms with van der Waals surface area (Å²) in [5.41, 5.74) is 7.96. The molecule has 0 aliphatic rings. The van der Waals surface area contributed by atoms with Crippen molar-refractivity contribution < 1.29 is 8.78 Å². The highest BCUT2D eigenvalue weighted by molar-refractivity contribution is 5.69. The van der Waals surface area contributed by atoms with Gasteiger partial charge < -0.3 is 5.73 Å². The molecule has 0 radical (unpaired) electrons. The van der Waals surface area contributed by atoms with Gasteiger partial charge in [0.2, 0.25) is 0 Å². The van der Waals surface area contributed by atoms with Crippen molar-refractivity contribution in [3.63, 3.8) is 0 Å². The van der Waals surface area contributed by atoms with E-state index in [0.29, 0.717) is 29.1 Å². The molecule has 102 valence electrons. The summed E-state index contributed by atoms with van der Waals surface area (Å²) in [5.74, 6) is -0.640. The number of nitrogen functional groups attached to an aromatic ring is 1. The first-order chi connectivity index (χ1) is 8.95. The van der Waals surface area contributed by atoms with E-state index >= 15 is 0 Å². The molecule has 0 aliphatic heterocycles. The first kappa shape index (κ1) is 13.5. The van der Waals surface area contributed by atoms with Gasteiger partial charge in [-0.2, -0.15) is 5.10 Å². The number of hydrogen-bond donors (Lipinski definition) is 1. The molecule has 2 aromatic rings. The zero-order valence-corrected chi connectivity index (χ0v) is 11.3. The van der Waals surface area contributed by atoms with Crippen LogP contribution in [0.1, 0.15) is 24.5 Å². The van der Waals surface area contributed by atoms with Crippen molar-refractivity contribution in [3.05, 3.63) is 34.9 Å². The second-order valence-corrected chi connectivity index (χ2v) is 4.67. The Balaban J connectivity index is 2.65. The Morgan fingerprint density at radius 3 is 2.58 bits per heavy atom. The first-order valence-electron chi connectivity index (χ1n) is 6.23. The average molecular weight is 265 g/mol. The highest BCUT2D eigenvalue weighted by atomic mass is 19.1. The van der Waals surface area contributed by atoms with Gasteiger partial charge in [0, 0.05) is 24.2 Å². The molecule has 3 nitrogen and oxygen atoms in total. The Kier molecular flexibility index (Phi) is 3.55. The summed E-state index contributed by atoms with van der Waals surface area (Å²) < 4.78 is 28.8. The number of anilines is 1. The Morgan fingerprint density at radius 1 is 1.26 bits per heavy atom. The van der Waals surface area contributed by atoms with E-state index in [-0.39, 0.29) is 0 Å². The maximum absolute atomic E-state index is 13.9. The van der Waals surface area contributed by atoms with Crippen molar-refractivity contribution in [2.75, 3.05) is 5.73 Å². The lowest BCUT2D eigenvalue weighted by atomic mass is 10.0. The number of halogens is 2. The summed E-state index contributed by atoms with van der Waals surface area (Å²) in [7, 11) is 1.71. The number of nitrogens with two attached hydrogens (primary N) is 1. The summed E-state index contributed by atoms with van der Waals surface area (Å²) in [6, 6.07) is 2.37. The van der Waals surface area contributed by atoms with Crippen LogP contribution in [-0.2, 0) is 13.5 Å². The van der Waals surface area contributed by atoms with E-state index in [1.807, 2.05) is 6.92 Å². The minimum Gasteiger partial charge on any atom is -0.384 e. The van der Waals surface area contributed by atoms with Crippen molar-refractivity contribution in [3.8, 4) is 11.3 Å². The van der Waals surface area contributed by atoms with Crippen molar-refractivity contribution in [1.82, 2.24) is 9.78 Å². The van der Waals surface area contributed by atoms with Crippen LogP contribution in [0.3, 0.4) is 0 Å². The number of aryl methyl sites for hydroxylation is 2. The predicted molar refractivity (Wildman–Crippen MR) is 71.7 cm³/mol. The normalized spacial score (nSPS) is 11.0. The van der Waals surface area contributed by atoms with Crippen molar-refractivity contribution in [1.29, 1.82) is 0 Å². The van der Waals surface area contributed by atoms with Crippen LogP contribution >= 0.6 is 0 Å². The zero-order valence-electron chi connectivity index (χ0n) is 11.3. The lowest BCUT2D eigenvalue weighted by Crippen LogP contribution is -1.99. The molecule has 2 rings (SSSR count). The quantitative estimate of drug-likeness (QED) is 0.926. The smallest absolute Gasteiger partial charge is 0.135 e. The van der Waals surface area contributed by atoms with E-state index in [2.05, 4.69) is 5.10 Å². The molecule has 0 fully saturated rings. The van der Waals surface area contributed by atoms with Crippen LogP contribution in [0.5, 0.6) is 0 Å². The first-order valence-corrected chi connectivity index (χ1v) is 6.23. The van der Waals surface area contributed by atoms with Crippen LogP contribution in [-0.4, -0.2) is 9.78 Å². The molecular weight excluding hydrogens is 248 g/mol. The Hall–Kier alpha value is -1.91. The largest absolute Gasteiger partial charge is 0.384 e. The van der Waals surface area contributed by atoms with Gasteiger partial charge >= 0.3 is 0 Å². The molecule has 0 saturated carbocycles. The minimum absolute atomic E-state index is 0.301. The summed E-state index contributed by atoms with van der Waals surface area (Å²) in [6.45, 7) is 3.62. The fourth-order valence-electron chi connectivity index (χ4n) is 2.13. The summed E-state index contributed by atoms with van der Waals surface area (Å²) in [4.78, 5) is 0. The third-order valence-electron chi connectivity index (χ3n) is 3.20. The SMILES string of the molecule is CCCc1c(-c2cc(C)c(F)cc2F)nn(C)c1N. The third kappa shape index (κ3) is 2.32. The maximum Gasteiger partial charge on any atom is 0.135 e. The van der Waals surface area contributed by atoms with Gasteiger partial charge in [0.15, 0.2) is 0 Å². The van der Waals surface area contributed by atoms with E-state index in [4.69, 9.17) is 5.73 Å². The third-order valence-corrected chi connectivity index (χ3v) is 3.20. The number of nitrogens with zero attached hydrogens (tertiary/aromatic N) is 2. The summed E-state index contributed by atoms with van der Waals surface area (Å²) in [6.07, 6.45) is 1.59. The van der Waals surface area contributed by atoms with Crippen LogP contribution in [0.25, 0.3) is 11.3 Å². The van der Waals surface area contributed by atoms with Gasteiger partial charge in [-0.15, -0.1) is 0 Å². The van der Waals surface area contributed by atoms with Gasteiger partial charge in [-0.1, -0.05) is 13.3 Å². The number of benzene rings is 1. The number of hydrogen-bond acceptors (Lipinski definition) is 2. The molecule has 19 heavy (non-hydrogen) atoms. The zero-order chi connectivity index (χ0) is 14.2. The van der Waals surface area contributed by atoms with Gasteiger partial charge in [0.1, 0.15) is 23.1 Å². The molecule has 2 N–H and O–H groups in total. The molecule has 5 heteroatoms. The molecule has 1 aromatic heterocycles. The average Bonchev–Trinajstić information content (AvgIpc) is 2.62. The van der Waals surface area contributed by atoms with E-state index in [0.717, 1.165) is 18.1 Å². The fraction of sp³-hybridized carbons (Fsp3) is 0.357. The second-order valence-electron chi connectivity index (χ2n) is 4.67. The predicted octanol–water partition coefficient (Wildman–Crippen LogP) is 3.21. The van der Waals surface area contributed by atoms with Crippen molar-refractivity contribution in [2.45, 2.75) is 26.7 Å². The topological polar surface area (TPSA) is 43.8 Å².